The van der Waals surface area contributed by atoms with Gasteiger partial charge in [0.25, 0.3) is 0 Å². The number of thioether (sulfide) groups is 1. The maximum Gasteiger partial charge on any atom is 0.481 e. The number of ether oxygens (including phenoxy) is 4. The van der Waals surface area contributed by atoms with Crippen molar-refractivity contribution in [3.8, 4) is 0 Å². The van der Waals surface area contributed by atoms with Crippen molar-refractivity contribution in [1.82, 2.24) is 60.4 Å². The number of carbonyl (C=O) groups excluding carboxylic acids is 9. The molecule has 4 aliphatic heterocycles. The van der Waals surface area contributed by atoms with Crippen LogP contribution in [0.1, 0.15) is 144 Å². The largest absolute Gasteiger partial charge is 0.481 e. The number of nitrogens with one attached hydrogen (secondary N) is 4. The molecule has 642 valence electrons. The summed E-state index contributed by atoms with van der Waals surface area (Å²) in [6, 6.07) is 4.56. The molecule has 6 heterocycles. The Morgan fingerprint density at radius 2 is 1.59 bits per heavy atom. The van der Waals surface area contributed by atoms with Crippen molar-refractivity contribution in [3.63, 3.8) is 0 Å². The number of phosphoric acid groups is 2. The van der Waals surface area contributed by atoms with Crippen molar-refractivity contribution in [2.75, 3.05) is 72.3 Å². The quantitative estimate of drug-likeness (QED) is 0.0166. The van der Waals surface area contributed by atoms with Gasteiger partial charge in [0.2, 0.25) is 53.2 Å². The number of carbonyl (C=O) groups is 10. The molecule has 40 nitrogen and oxygen atoms in total. The Hall–Kier alpha value is -7.01. The Morgan fingerprint density at radius 1 is 0.878 bits per heavy atom. The number of carboxylic acids is 1. The van der Waals surface area contributed by atoms with E-state index in [-0.39, 0.29) is 104 Å². The van der Waals surface area contributed by atoms with Crippen LogP contribution in [0.3, 0.4) is 0 Å². The van der Waals surface area contributed by atoms with Gasteiger partial charge in [0.15, 0.2) is 24.5 Å². The molecule has 2 bridgehead atoms. The second kappa shape index (κ2) is 41.1. The first kappa shape index (κ1) is 93.5. The maximum absolute atomic E-state index is 14.9. The van der Waals surface area contributed by atoms with Crippen molar-refractivity contribution in [3.05, 3.63) is 48.5 Å². The summed E-state index contributed by atoms with van der Waals surface area (Å²) < 4.78 is 76.1. The minimum absolute atomic E-state index is 0.0336. The number of hydrogen-bond donors (Lipinski definition) is 12. The number of nitrogen functional groups attached to an aromatic ring is 1. The van der Waals surface area contributed by atoms with Gasteiger partial charge in [-0.1, -0.05) is 77.8 Å². The summed E-state index contributed by atoms with van der Waals surface area (Å²) in [5.41, 5.74) is 6.72. The number of methoxy groups -OCH3 is 2. The number of nitrogens with zero attached hydrogens (tertiary/aromatic N) is 8. The average Bonchev–Trinajstić information content (AvgIpc) is 1.69. The molecule has 3 aromatic rings. The number of amides is 9. The molecule has 3 unspecified atom stereocenters. The highest BCUT2D eigenvalue weighted by Gasteiger charge is 2.56. The number of unbranched alkanes of at least 4 members (excludes halogenated alkanes) is 2. The van der Waals surface area contributed by atoms with Gasteiger partial charge in [-0.15, -0.1) is 11.8 Å². The van der Waals surface area contributed by atoms with Gasteiger partial charge in [0.05, 0.1) is 54.8 Å². The Bertz CT molecular complexity index is 4070. The summed E-state index contributed by atoms with van der Waals surface area (Å²) in [6.07, 6.45) is -3.66. The predicted molar refractivity (Wildman–Crippen MR) is 410 cm³/mol. The Balaban J connectivity index is 0.727. The number of imidazole rings is 1. The van der Waals surface area contributed by atoms with E-state index in [9.17, 15) is 96.5 Å². The molecule has 1 aromatic carbocycles. The van der Waals surface area contributed by atoms with E-state index >= 15 is 0 Å². The highest BCUT2D eigenvalue weighted by atomic mass is 32.2. The van der Waals surface area contributed by atoms with Gasteiger partial charge in [-0.3, -0.25) is 66.2 Å². The van der Waals surface area contributed by atoms with Crippen LogP contribution in [0, 0.1) is 23.7 Å². The van der Waals surface area contributed by atoms with E-state index < -0.39 is 180 Å². The molecule has 44 heteroatoms. The number of phosphoric ester groups is 2. The van der Waals surface area contributed by atoms with E-state index in [2.05, 4.69) is 45.1 Å². The van der Waals surface area contributed by atoms with Gasteiger partial charge >= 0.3 is 29.2 Å². The summed E-state index contributed by atoms with van der Waals surface area (Å²) >= 11 is 1.15. The third-order valence-corrected chi connectivity index (χ3v) is 27.6. The summed E-state index contributed by atoms with van der Waals surface area (Å²) in [7, 11) is -11.8. The van der Waals surface area contributed by atoms with Crippen LogP contribution >= 0.6 is 35.0 Å². The zero-order chi connectivity index (χ0) is 84.8. The fraction of sp³-hybridized carbons (Fsp3) is 0.704. The van der Waals surface area contributed by atoms with Crippen LogP contribution in [0.4, 0.5) is 5.82 Å². The van der Waals surface area contributed by atoms with Crippen molar-refractivity contribution in [2.45, 2.75) is 228 Å². The van der Waals surface area contributed by atoms with Crippen molar-refractivity contribution in [2.24, 2.45) is 23.7 Å². The van der Waals surface area contributed by atoms with Gasteiger partial charge < -0.3 is 95.5 Å². The number of aliphatic hydroxyl groups excluding tert-OH is 2. The van der Waals surface area contributed by atoms with E-state index in [0.29, 0.717) is 57.9 Å². The molecule has 13 N–H and O–H groups in total. The number of aliphatic carboxylic acids is 1. The van der Waals surface area contributed by atoms with Crippen molar-refractivity contribution in [1.29, 1.82) is 0 Å². The lowest BCUT2D eigenvalue weighted by molar-refractivity contribution is -0.149. The highest BCUT2D eigenvalue weighted by molar-refractivity contribution is 8.00. The van der Waals surface area contributed by atoms with Gasteiger partial charge in [-0.25, -0.2) is 33.2 Å². The van der Waals surface area contributed by atoms with E-state index in [1.807, 2.05) is 33.8 Å². The van der Waals surface area contributed by atoms with E-state index in [0.717, 1.165) is 50.2 Å². The van der Waals surface area contributed by atoms with Crippen LogP contribution in [0.2, 0.25) is 0 Å². The number of anilines is 1. The third kappa shape index (κ3) is 23.5. The second-order valence-corrected chi connectivity index (χ2v) is 37.0. The van der Waals surface area contributed by atoms with Crippen molar-refractivity contribution >= 4 is 111 Å². The van der Waals surface area contributed by atoms with Crippen LogP contribution in [0.5, 0.6) is 0 Å². The first-order valence-corrected chi connectivity index (χ1v) is 43.9. The number of hydrogen-bond acceptors (Lipinski definition) is 27. The second-order valence-electron chi connectivity index (χ2n) is 30.5. The summed E-state index contributed by atoms with van der Waals surface area (Å²) in [4.78, 5) is 195. The number of aromatic nitrogens is 4. The summed E-state index contributed by atoms with van der Waals surface area (Å²) in [5, 5.41) is 39.2. The highest BCUT2D eigenvalue weighted by Crippen LogP contribution is 2.67. The maximum atomic E-state index is 14.9. The topological polar surface area (TPSA) is 559 Å². The number of likely N-dealkylation sites (tertiary alicyclic amines) is 3. The molecule has 5 fully saturated rings. The number of piperidine rings is 1. The lowest BCUT2D eigenvalue weighted by atomic mass is 9.89. The average molecular weight is 1700 g/mol. The van der Waals surface area contributed by atoms with E-state index in [1.165, 1.54) is 23.7 Å². The molecule has 0 radical (unpaired) electrons. The smallest absolute Gasteiger partial charge is 0.480 e. The number of fused-ring (bicyclic) bond motifs is 3. The third-order valence-electron chi connectivity index (χ3n) is 22.1. The minimum atomic E-state index is -5.60. The Kier molecular flexibility index (Phi) is 33.4. The van der Waals surface area contributed by atoms with Crippen LogP contribution in [-0.4, -0.2) is 283 Å². The minimum Gasteiger partial charge on any atom is -0.480 e. The molecule has 19 atom stereocenters. The molecular formula is C71H110N13O27P3S. The molecule has 1 saturated carbocycles. The van der Waals surface area contributed by atoms with Gasteiger partial charge in [-0.2, -0.15) is 0 Å². The lowest BCUT2D eigenvalue weighted by Gasteiger charge is -2.41. The zero-order valence-electron chi connectivity index (χ0n) is 66.0. The number of imide groups is 1. The number of likely N-dealkylation sites (N-methyl/N-ethyl adjacent to an activating group) is 1. The van der Waals surface area contributed by atoms with Gasteiger partial charge in [-0.05, 0) is 82.1 Å². The Morgan fingerprint density at radius 3 is 2.25 bits per heavy atom. The zero-order valence-corrected chi connectivity index (χ0v) is 69.5. The molecular weight excluding hydrogens is 1590 g/mol. The van der Waals surface area contributed by atoms with Crippen LogP contribution in [0.25, 0.3) is 11.2 Å². The SMILES string of the molecule is CC[C@H](C)[C@@H]([C@@H](CC(=O)N1CCC[C@H]1[C@H](OC)[C@@H](C)C(=O)N[C@@H](Cc1ccccc1)C(=O)O)OC)N(C)C(=O)[C@@H](NC(=O)[C@@H]1[C@H]2CC[C@@H](C2)N1C(=O)CCCCCN1C(=O)CC(SCCNC(=O)CCNC(=O)[C@H](O)C(C)(C)P(=O)(O)OP(=O)(O)OCOC[C@H]2O[C@@H](n3cnc4c(N)ncnc43)[C@H](O)[C@@H]2OP(=O)(O)O)C1=O)C(C)C. The fourth-order valence-corrected chi connectivity index (χ4v) is 19.9. The molecule has 115 heavy (non-hydrogen) atoms. The Labute approximate surface area is 669 Å². The molecule has 2 aromatic heterocycles. The van der Waals surface area contributed by atoms with Gasteiger partial charge in [0.1, 0.15) is 59.5 Å². The van der Waals surface area contributed by atoms with Gasteiger partial charge in [0, 0.05) is 84.9 Å². The molecule has 1 aliphatic carbocycles. The molecule has 8 rings (SSSR count). The molecule has 5 aliphatic rings. The monoisotopic (exact) mass is 1700 g/mol. The summed E-state index contributed by atoms with van der Waals surface area (Å²) in [5.74, 6) is -7.14. The number of nitrogens with two attached hydrogens (primary N) is 1. The van der Waals surface area contributed by atoms with Crippen LogP contribution in [0.15, 0.2) is 43.0 Å². The lowest BCUT2D eigenvalue weighted by Crippen LogP contribution is -2.60. The number of aliphatic hydroxyl groups is 2. The fourth-order valence-electron chi connectivity index (χ4n) is 15.5. The molecule has 0 spiro atoms. The summed E-state index contributed by atoms with van der Waals surface area (Å²) in [6.45, 7) is 9.07. The normalized spacial score (nSPS) is 24.2. The van der Waals surface area contributed by atoms with Crippen molar-refractivity contribution < 1.29 is 129 Å². The number of carboxylic acid groups (broad SMARTS) is 1. The molecule has 9 amide bonds. The predicted octanol–water partition coefficient (Wildman–Crippen LogP) is 1.87. The van der Waals surface area contributed by atoms with E-state index in [1.54, 1.807) is 52.9 Å². The number of rotatable bonds is 45. The standard InChI is InChI=1S/C71H110N13O27P3S/c1-11-40(4)56(47(105-9)33-52(87)81-29-18-21-46(81)59(106-10)41(5)64(91)78-45(70(96)97)31-42-19-14-12-15-20-42)80(8)68(95)54(39(2)3)79-65(92)57-43-23-24-44(32-43)84(57)51(86)22-16-13-17-28-82-53(88)34-49(67(82)94)115-30-27-73-50(85)25-26-74-66(93)61(90)71(6,7)112(98,99)111-114(103,104)108-38-107-35-48-60(110-113(100,101)102)58(89)69(109-48)83-37-77-55-62(72)75-36-76-63(55)83/h12,14-15,19-20,36-37,39-41,43-49,54,56-61,69,89-90H,11,13,16-18,21-35,38H2,1-10H3,(H,73,85)(H,74,93)(H,78,91)(H,79,92)(H,96,97)(H,98,99)(H,103,104)(H2,72,75,76)(H2,100,101,102)/t40-,41+,43-,44-,45-,46-,47+,48+,49?,54-,56-,57-,58+,59+,60+,61-,69+/m0/s1. The first-order valence-electron chi connectivity index (χ1n) is 38.3. The van der Waals surface area contributed by atoms with Crippen LogP contribution < -0.4 is 27.0 Å². The molecule has 4 saturated heterocycles. The van der Waals surface area contributed by atoms with Crippen LogP contribution in [-0.2, 0) is 100 Å². The van der Waals surface area contributed by atoms with E-state index in [4.69, 9.17) is 29.2 Å². The number of benzene rings is 1. The first-order chi connectivity index (χ1) is 54.2.